The molecule has 0 bridgehead atoms. The smallest absolute Gasteiger partial charge is 0.255 e. The van der Waals surface area contributed by atoms with Gasteiger partial charge in [0.25, 0.3) is 5.91 Å². The van der Waals surface area contributed by atoms with Gasteiger partial charge < -0.3 is 15.5 Å². The van der Waals surface area contributed by atoms with Gasteiger partial charge >= 0.3 is 0 Å². The molecule has 98 valence electrons. The Morgan fingerprint density at radius 1 is 0.947 bits per heavy atom. The molecule has 0 aliphatic heterocycles. The van der Waals surface area contributed by atoms with Gasteiger partial charge in [-0.05, 0) is 38.1 Å². The van der Waals surface area contributed by atoms with Crippen molar-refractivity contribution in [2.75, 3.05) is 5.32 Å². The first-order valence-electron chi connectivity index (χ1n) is 5.87. The first-order chi connectivity index (χ1) is 8.95. The zero-order valence-electron chi connectivity index (χ0n) is 10.8. The summed E-state index contributed by atoms with van der Waals surface area (Å²) in [4.78, 5) is 12.1. The van der Waals surface area contributed by atoms with Gasteiger partial charge in [-0.1, -0.05) is 17.2 Å². The van der Waals surface area contributed by atoms with Crippen LogP contribution in [0, 0.1) is 13.8 Å². The average Bonchev–Trinajstić information content (AvgIpc) is 2.32. The van der Waals surface area contributed by atoms with E-state index in [0.717, 1.165) is 11.1 Å². The molecule has 0 spiro atoms. The lowest BCUT2D eigenvalue weighted by molar-refractivity contribution is 0.102. The zero-order chi connectivity index (χ0) is 14.0. The van der Waals surface area contributed by atoms with Crippen LogP contribution in [0.25, 0.3) is 0 Å². The summed E-state index contributed by atoms with van der Waals surface area (Å²) < 4.78 is 0. The lowest BCUT2D eigenvalue weighted by Crippen LogP contribution is -2.12. The minimum Gasteiger partial charge on any atom is -0.504 e. The third kappa shape index (κ3) is 3.04. The van der Waals surface area contributed by atoms with E-state index in [-0.39, 0.29) is 17.4 Å². The molecule has 19 heavy (non-hydrogen) atoms. The van der Waals surface area contributed by atoms with Gasteiger partial charge in [-0.2, -0.15) is 0 Å². The van der Waals surface area contributed by atoms with Gasteiger partial charge in [-0.25, -0.2) is 0 Å². The van der Waals surface area contributed by atoms with E-state index in [1.54, 1.807) is 12.1 Å². The standard InChI is InChI=1S/C15H15NO3/c1-9-5-10(2)7-11(6-9)15(19)16-12-3-4-13(17)14(18)8-12/h3-8,17-18H,1-2H3,(H,16,19). The van der Waals surface area contributed by atoms with E-state index in [1.165, 1.54) is 18.2 Å². The highest BCUT2D eigenvalue weighted by Gasteiger charge is 2.08. The number of aryl methyl sites for hydroxylation is 2. The first-order valence-corrected chi connectivity index (χ1v) is 5.87. The van der Waals surface area contributed by atoms with Gasteiger partial charge in [0.2, 0.25) is 0 Å². The van der Waals surface area contributed by atoms with Crippen LogP contribution in [0.4, 0.5) is 5.69 Å². The van der Waals surface area contributed by atoms with E-state index in [1.807, 2.05) is 19.9 Å². The third-order valence-electron chi connectivity index (χ3n) is 2.72. The number of carbonyl (C=O) groups excluding carboxylic acids is 1. The number of amides is 1. The highest BCUT2D eigenvalue weighted by Crippen LogP contribution is 2.27. The predicted octanol–water partition coefficient (Wildman–Crippen LogP) is 2.97. The Bertz CT molecular complexity index is 615. The molecule has 3 N–H and O–H groups in total. The molecule has 0 aliphatic carbocycles. The third-order valence-corrected chi connectivity index (χ3v) is 2.72. The number of benzene rings is 2. The Labute approximate surface area is 111 Å². The van der Waals surface area contributed by atoms with Crippen molar-refractivity contribution in [1.82, 2.24) is 0 Å². The highest BCUT2D eigenvalue weighted by atomic mass is 16.3. The van der Waals surface area contributed by atoms with Gasteiger partial charge in [-0.15, -0.1) is 0 Å². The van der Waals surface area contributed by atoms with Crippen molar-refractivity contribution in [3.63, 3.8) is 0 Å². The number of nitrogens with one attached hydrogen (secondary N) is 1. The van der Waals surface area contributed by atoms with Gasteiger partial charge in [-0.3, -0.25) is 4.79 Å². The number of rotatable bonds is 2. The monoisotopic (exact) mass is 257 g/mol. The van der Waals surface area contributed by atoms with E-state index in [0.29, 0.717) is 11.3 Å². The molecule has 0 unspecified atom stereocenters. The van der Waals surface area contributed by atoms with E-state index < -0.39 is 0 Å². The van der Waals surface area contributed by atoms with Gasteiger partial charge in [0.1, 0.15) is 0 Å². The summed E-state index contributed by atoms with van der Waals surface area (Å²) in [7, 11) is 0. The van der Waals surface area contributed by atoms with E-state index >= 15 is 0 Å². The number of phenols is 2. The van der Waals surface area contributed by atoms with Crippen molar-refractivity contribution in [1.29, 1.82) is 0 Å². The van der Waals surface area contributed by atoms with Crippen molar-refractivity contribution in [3.8, 4) is 11.5 Å². The molecule has 0 aromatic heterocycles. The van der Waals surface area contributed by atoms with Crippen LogP contribution in [0.3, 0.4) is 0 Å². The molecule has 1 amide bonds. The normalized spacial score (nSPS) is 10.2. The lowest BCUT2D eigenvalue weighted by atomic mass is 10.1. The number of hydrogen-bond acceptors (Lipinski definition) is 3. The highest BCUT2D eigenvalue weighted by molar-refractivity contribution is 6.04. The lowest BCUT2D eigenvalue weighted by Gasteiger charge is -2.08. The Balaban J connectivity index is 2.22. The number of hydrogen-bond donors (Lipinski definition) is 3. The van der Waals surface area contributed by atoms with Crippen molar-refractivity contribution in [2.24, 2.45) is 0 Å². The maximum absolute atomic E-state index is 12.1. The minimum absolute atomic E-state index is 0.218. The SMILES string of the molecule is Cc1cc(C)cc(C(=O)Nc2ccc(O)c(O)c2)c1. The molecule has 2 aromatic rings. The summed E-state index contributed by atoms with van der Waals surface area (Å²) in [5.41, 5.74) is 3.02. The summed E-state index contributed by atoms with van der Waals surface area (Å²) in [5, 5.41) is 21.2. The van der Waals surface area contributed by atoms with Crippen molar-refractivity contribution >= 4 is 11.6 Å². The number of phenolic OH excluding ortho intramolecular Hbond substituents is 2. The molecule has 0 radical (unpaired) electrons. The molecule has 0 heterocycles. The molecule has 2 aromatic carbocycles. The molecule has 0 saturated heterocycles. The van der Waals surface area contributed by atoms with Crippen LogP contribution in [0.5, 0.6) is 11.5 Å². The van der Waals surface area contributed by atoms with Crippen molar-refractivity contribution < 1.29 is 15.0 Å². The summed E-state index contributed by atoms with van der Waals surface area (Å²) in [5.74, 6) is -0.737. The fourth-order valence-electron chi connectivity index (χ4n) is 1.91. The van der Waals surface area contributed by atoms with Gasteiger partial charge in [0.05, 0.1) is 0 Å². The van der Waals surface area contributed by atoms with Crippen molar-refractivity contribution in [3.05, 3.63) is 53.1 Å². The van der Waals surface area contributed by atoms with Gasteiger partial charge in [0, 0.05) is 17.3 Å². The van der Waals surface area contributed by atoms with Gasteiger partial charge in [0.15, 0.2) is 11.5 Å². The number of anilines is 1. The summed E-state index contributed by atoms with van der Waals surface area (Å²) in [6.07, 6.45) is 0. The molecule has 2 rings (SSSR count). The Kier molecular flexibility index (Phi) is 3.42. The molecule has 0 atom stereocenters. The number of carbonyl (C=O) groups is 1. The van der Waals surface area contributed by atoms with Crippen LogP contribution in [-0.4, -0.2) is 16.1 Å². The first kappa shape index (κ1) is 13.0. The quantitative estimate of drug-likeness (QED) is 0.572. The largest absolute Gasteiger partial charge is 0.504 e. The maximum atomic E-state index is 12.1. The van der Waals surface area contributed by atoms with Crippen LogP contribution < -0.4 is 5.32 Å². The van der Waals surface area contributed by atoms with Crippen LogP contribution >= 0.6 is 0 Å². The van der Waals surface area contributed by atoms with E-state index in [4.69, 9.17) is 0 Å². The van der Waals surface area contributed by atoms with Crippen LogP contribution in [0.1, 0.15) is 21.5 Å². The zero-order valence-corrected chi connectivity index (χ0v) is 10.8. The molecule has 0 saturated carbocycles. The molecule has 4 heteroatoms. The fraction of sp³-hybridized carbons (Fsp3) is 0.133. The van der Waals surface area contributed by atoms with Crippen LogP contribution in [0.2, 0.25) is 0 Å². The molecular formula is C15H15NO3. The second-order valence-electron chi connectivity index (χ2n) is 4.53. The summed E-state index contributed by atoms with van der Waals surface area (Å²) in [6, 6.07) is 9.73. The van der Waals surface area contributed by atoms with Crippen LogP contribution in [-0.2, 0) is 0 Å². The molecular weight excluding hydrogens is 242 g/mol. The second-order valence-corrected chi connectivity index (χ2v) is 4.53. The van der Waals surface area contributed by atoms with Crippen molar-refractivity contribution in [2.45, 2.75) is 13.8 Å². The Morgan fingerprint density at radius 2 is 1.58 bits per heavy atom. The number of aromatic hydroxyl groups is 2. The summed E-state index contributed by atoms with van der Waals surface area (Å²) >= 11 is 0. The Hall–Kier alpha value is -2.49. The Morgan fingerprint density at radius 3 is 2.16 bits per heavy atom. The minimum atomic E-state index is -0.266. The molecule has 0 fully saturated rings. The van der Waals surface area contributed by atoms with Crippen LogP contribution in [0.15, 0.2) is 36.4 Å². The maximum Gasteiger partial charge on any atom is 0.255 e. The van der Waals surface area contributed by atoms with E-state index in [9.17, 15) is 15.0 Å². The predicted molar refractivity (Wildman–Crippen MR) is 73.6 cm³/mol. The summed E-state index contributed by atoms with van der Waals surface area (Å²) in [6.45, 7) is 3.85. The van der Waals surface area contributed by atoms with E-state index in [2.05, 4.69) is 5.32 Å². The average molecular weight is 257 g/mol. The topological polar surface area (TPSA) is 69.6 Å². The second kappa shape index (κ2) is 5.02. The molecule has 4 nitrogen and oxygen atoms in total. The molecule has 0 aliphatic rings. The fourth-order valence-corrected chi connectivity index (χ4v) is 1.91.